The molecule has 1 aromatic carbocycles. The molecule has 0 saturated carbocycles. The average Bonchev–Trinajstić information content (AvgIpc) is 2.72. The molecule has 2 nitrogen and oxygen atoms in total. The molecule has 17 heavy (non-hydrogen) atoms. The monoisotopic (exact) mass is 268 g/mol. The maximum absolute atomic E-state index is 11.9. The second-order valence-corrected chi connectivity index (χ2v) is 4.54. The van der Waals surface area contributed by atoms with Crippen LogP contribution in [0, 0.1) is 6.92 Å². The quantitative estimate of drug-likeness (QED) is 0.777. The van der Waals surface area contributed by atoms with E-state index in [1.807, 2.05) is 0 Å². The Morgan fingerprint density at radius 3 is 2.76 bits per heavy atom. The van der Waals surface area contributed by atoms with Crippen molar-refractivity contribution >= 4 is 29.0 Å². The summed E-state index contributed by atoms with van der Waals surface area (Å²) in [5.41, 5.74) is 1.28. The molecule has 0 unspecified atom stereocenters. The highest BCUT2D eigenvalue weighted by molar-refractivity contribution is 6.42. The Morgan fingerprint density at radius 1 is 1.35 bits per heavy atom. The lowest BCUT2D eigenvalue weighted by atomic mass is 10.1. The largest absolute Gasteiger partial charge is 0.469 e. The molecule has 0 fully saturated rings. The zero-order valence-corrected chi connectivity index (χ0v) is 10.7. The highest BCUT2D eigenvalue weighted by Gasteiger charge is 2.12. The maximum atomic E-state index is 11.9. The van der Waals surface area contributed by atoms with Crippen molar-refractivity contribution in [1.82, 2.24) is 0 Å². The zero-order chi connectivity index (χ0) is 12.4. The van der Waals surface area contributed by atoms with Crippen LogP contribution in [-0.4, -0.2) is 5.78 Å². The van der Waals surface area contributed by atoms with Crippen LogP contribution in [0.3, 0.4) is 0 Å². The summed E-state index contributed by atoms with van der Waals surface area (Å²) < 4.78 is 5.10. The smallest absolute Gasteiger partial charge is 0.170 e. The summed E-state index contributed by atoms with van der Waals surface area (Å²) in [5, 5.41) is 0.892. The molecule has 1 aromatic heterocycles. The van der Waals surface area contributed by atoms with Crippen LogP contribution in [-0.2, 0) is 6.42 Å². The number of hydrogen-bond acceptors (Lipinski definition) is 2. The van der Waals surface area contributed by atoms with Gasteiger partial charge < -0.3 is 4.42 Å². The van der Waals surface area contributed by atoms with Gasteiger partial charge in [-0.25, -0.2) is 0 Å². The van der Waals surface area contributed by atoms with E-state index >= 15 is 0 Å². The van der Waals surface area contributed by atoms with Gasteiger partial charge in [-0.1, -0.05) is 35.3 Å². The standard InChI is InChI=1S/C13H10Cl2O2/c1-8-5-10(7-17-8)12(16)6-9-3-2-4-11(14)13(9)15/h2-5,7H,6H2,1H3. The third kappa shape index (κ3) is 2.71. The number of halogens is 2. The minimum absolute atomic E-state index is 0.0361. The summed E-state index contributed by atoms with van der Waals surface area (Å²) in [4.78, 5) is 11.9. The molecule has 0 N–H and O–H groups in total. The molecule has 0 bridgehead atoms. The van der Waals surface area contributed by atoms with Crippen LogP contribution in [0.15, 0.2) is 34.9 Å². The first-order valence-electron chi connectivity index (χ1n) is 5.09. The SMILES string of the molecule is Cc1cc(C(=O)Cc2cccc(Cl)c2Cl)co1. The van der Waals surface area contributed by atoms with E-state index in [1.165, 1.54) is 6.26 Å². The summed E-state index contributed by atoms with van der Waals surface area (Å²) in [7, 11) is 0. The van der Waals surface area contributed by atoms with Crippen LogP contribution in [0.1, 0.15) is 21.7 Å². The number of aryl methyl sites for hydroxylation is 1. The Hall–Kier alpha value is -1.25. The molecule has 2 aromatic rings. The Morgan fingerprint density at radius 2 is 2.12 bits per heavy atom. The number of rotatable bonds is 3. The van der Waals surface area contributed by atoms with Gasteiger partial charge in [0, 0.05) is 6.42 Å². The summed E-state index contributed by atoms with van der Waals surface area (Å²) in [6, 6.07) is 6.97. The van der Waals surface area contributed by atoms with Crippen LogP contribution in [0.25, 0.3) is 0 Å². The van der Waals surface area contributed by atoms with E-state index in [0.717, 1.165) is 5.56 Å². The number of furan rings is 1. The first-order chi connectivity index (χ1) is 8.08. The van der Waals surface area contributed by atoms with Crippen molar-refractivity contribution in [2.45, 2.75) is 13.3 Å². The Bertz CT molecular complexity index is 558. The molecule has 0 aliphatic carbocycles. The molecule has 0 spiro atoms. The molecule has 0 amide bonds. The van der Waals surface area contributed by atoms with Gasteiger partial charge in [0.2, 0.25) is 0 Å². The minimum atomic E-state index is -0.0361. The fourth-order valence-corrected chi connectivity index (χ4v) is 1.94. The van der Waals surface area contributed by atoms with E-state index < -0.39 is 0 Å². The van der Waals surface area contributed by atoms with E-state index in [2.05, 4.69) is 0 Å². The van der Waals surface area contributed by atoms with Crippen molar-refractivity contribution in [3.05, 3.63) is 57.5 Å². The van der Waals surface area contributed by atoms with Gasteiger partial charge in [0.25, 0.3) is 0 Å². The molecule has 0 atom stereocenters. The molecule has 88 valence electrons. The molecular weight excluding hydrogens is 259 g/mol. The number of Topliss-reactive ketones (excluding diaryl/α,β-unsaturated/α-hetero) is 1. The lowest BCUT2D eigenvalue weighted by Gasteiger charge is -2.03. The minimum Gasteiger partial charge on any atom is -0.469 e. The van der Waals surface area contributed by atoms with Gasteiger partial charge in [0.15, 0.2) is 5.78 Å². The van der Waals surface area contributed by atoms with E-state index in [-0.39, 0.29) is 12.2 Å². The number of benzene rings is 1. The topological polar surface area (TPSA) is 30.2 Å². The molecule has 4 heteroatoms. The normalized spacial score (nSPS) is 10.5. The van der Waals surface area contributed by atoms with Crippen LogP contribution < -0.4 is 0 Å². The number of hydrogen-bond donors (Lipinski definition) is 0. The van der Waals surface area contributed by atoms with Crippen LogP contribution >= 0.6 is 23.2 Å². The third-order valence-electron chi connectivity index (χ3n) is 2.44. The van der Waals surface area contributed by atoms with Gasteiger partial charge in [-0.3, -0.25) is 4.79 Å². The summed E-state index contributed by atoms with van der Waals surface area (Å²) in [6.45, 7) is 1.79. The molecular formula is C13H10Cl2O2. The van der Waals surface area contributed by atoms with Crippen molar-refractivity contribution in [2.75, 3.05) is 0 Å². The van der Waals surface area contributed by atoms with Crippen molar-refractivity contribution in [2.24, 2.45) is 0 Å². The summed E-state index contributed by atoms with van der Waals surface area (Å²) >= 11 is 11.9. The second kappa shape index (κ2) is 4.94. The molecule has 0 saturated heterocycles. The highest BCUT2D eigenvalue weighted by atomic mass is 35.5. The second-order valence-electron chi connectivity index (χ2n) is 3.76. The number of carbonyl (C=O) groups is 1. The molecule has 0 radical (unpaired) electrons. The predicted molar refractivity (Wildman–Crippen MR) is 67.9 cm³/mol. The van der Waals surface area contributed by atoms with Gasteiger partial charge in [-0.2, -0.15) is 0 Å². The van der Waals surface area contributed by atoms with Gasteiger partial charge in [-0.05, 0) is 24.6 Å². The zero-order valence-electron chi connectivity index (χ0n) is 9.17. The molecule has 1 heterocycles. The Labute approximate surface area is 109 Å². The van der Waals surface area contributed by atoms with Gasteiger partial charge in [0.05, 0.1) is 15.6 Å². The van der Waals surface area contributed by atoms with Crippen molar-refractivity contribution < 1.29 is 9.21 Å². The molecule has 0 aliphatic heterocycles. The Balaban J connectivity index is 2.21. The third-order valence-corrected chi connectivity index (χ3v) is 3.29. The average molecular weight is 269 g/mol. The van der Waals surface area contributed by atoms with Crippen LogP contribution in [0.4, 0.5) is 0 Å². The molecule has 0 aliphatic rings. The fraction of sp³-hybridized carbons (Fsp3) is 0.154. The summed E-state index contributed by atoms with van der Waals surface area (Å²) in [5.74, 6) is 0.677. The van der Waals surface area contributed by atoms with E-state index in [9.17, 15) is 4.79 Å². The van der Waals surface area contributed by atoms with Crippen LogP contribution in [0.5, 0.6) is 0 Å². The number of ketones is 1. The van der Waals surface area contributed by atoms with Gasteiger partial charge in [-0.15, -0.1) is 0 Å². The first kappa shape index (κ1) is 12.2. The van der Waals surface area contributed by atoms with E-state index in [1.54, 1.807) is 31.2 Å². The van der Waals surface area contributed by atoms with Crippen molar-refractivity contribution in [3.8, 4) is 0 Å². The lowest BCUT2D eigenvalue weighted by molar-refractivity contribution is 0.0992. The summed E-state index contributed by atoms with van der Waals surface area (Å²) in [6.07, 6.45) is 1.68. The van der Waals surface area contributed by atoms with E-state index in [0.29, 0.717) is 21.4 Å². The van der Waals surface area contributed by atoms with Gasteiger partial charge in [0.1, 0.15) is 12.0 Å². The lowest BCUT2D eigenvalue weighted by Crippen LogP contribution is -2.02. The van der Waals surface area contributed by atoms with Gasteiger partial charge >= 0.3 is 0 Å². The Kier molecular flexibility index (Phi) is 3.55. The van der Waals surface area contributed by atoms with Crippen LogP contribution in [0.2, 0.25) is 10.0 Å². The van der Waals surface area contributed by atoms with Crippen molar-refractivity contribution in [1.29, 1.82) is 0 Å². The van der Waals surface area contributed by atoms with E-state index in [4.69, 9.17) is 27.6 Å². The fourth-order valence-electron chi connectivity index (χ4n) is 1.55. The number of carbonyl (C=O) groups excluding carboxylic acids is 1. The van der Waals surface area contributed by atoms with Crippen molar-refractivity contribution in [3.63, 3.8) is 0 Å². The maximum Gasteiger partial charge on any atom is 0.170 e. The predicted octanol–water partition coefficient (Wildman–Crippen LogP) is 4.32. The molecule has 2 rings (SSSR count). The first-order valence-corrected chi connectivity index (χ1v) is 5.84. The highest BCUT2D eigenvalue weighted by Crippen LogP contribution is 2.26.